The first-order chi connectivity index (χ1) is 9.40. The van der Waals surface area contributed by atoms with Gasteiger partial charge in [-0.2, -0.15) is 13.2 Å². The average Bonchev–Trinajstić information content (AvgIpc) is 2.40. The van der Waals surface area contributed by atoms with Gasteiger partial charge in [0.2, 0.25) is 0 Å². The summed E-state index contributed by atoms with van der Waals surface area (Å²) in [7, 11) is 1.57. The van der Waals surface area contributed by atoms with Crippen LogP contribution in [0, 0.1) is 3.57 Å². The van der Waals surface area contributed by atoms with Crippen LogP contribution in [-0.4, -0.2) is 7.11 Å². The first-order valence-electron chi connectivity index (χ1n) is 5.59. The van der Waals surface area contributed by atoms with E-state index in [1.807, 2.05) is 12.1 Å². The van der Waals surface area contributed by atoms with Crippen molar-refractivity contribution in [3.05, 3.63) is 51.6 Å². The highest BCUT2D eigenvalue weighted by molar-refractivity contribution is 14.1. The predicted octanol–water partition coefficient (Wildman–Crippen LogP) is 5.47. The van der Waals surface area contributed by atoms with E-state index in [-0.39, 0.29) is 3.57 Å². The molecule has 0 fully saturated rings. The average molecular weight is 410 g/mol. The largest absolute Gasteiger partial charge is 0.497 e. The maximum Gasteiger partial charge on any atom is 0.417 e. The Morgan fingerprint density at radius 3 is 2.15 bits per heavy atom. The summed E-state index contributed by atoms with van der Waals surface area (Å²) < 4.78 is 43.7. The fourth-order valence-corrected chi connectivity index (χ4v) is 3.06. The van der Waals surface area contributed by atoms with Crippen LogP contribution in [0.2, 0.25) is 0 Å². The van der Waals surface area contributed by atoms with Crippen LogP contribution >= 0.6 is 34.4 Å². The number of alkyl halides is 3. The van der Waals surface area contributed by atoms with Crippen molar-refractivity contribution in [2.75, 3.05) is 7.11 Å². The Labute approximate surface area is 132 Å². The van der Waals surface area contributed by atoms with Gasteiger partial charge in [0.05, 0.1) is 12.7 Å². The highest BCUT2D eigenvalue weighted by Crippen LogP contribution is 2.37. The molecule has 0 radical (unpaired) electrons. The molecule has 0 atom stereocenters. The number of rotatable bonds is 3. The van der Waals surface area contributed by atoms with Gasteiger partial charge in [0.25, 0.3) is 0 Å². The molecule has 0 spiro atoms. The summed E-state index contributed by atoms with van der Waals surface area (Å²) in [6.07, 6.45) is -4.33. The molecule has 0 amide bonds. The van der Waals surface area contributed by atoms with E-state index in [0.29, 0.717) is 10.6 Å². The van der Waals surface area contributed by atoms with Crippen molar-refractivity contribution in [1.29, 1.82) is 0 Å². The summed E-state index contributed by atoms with van der Waals surface area (Å²) in [5.74, 6) is 0.716. The van der Waals surface area contributed by atoms with E-state index >= 15 is 0 Å². The molecule has 0 aromatic heterocycles. The molecule has 0 heterocycles. The lowest BCUT2D eigenvalue weighted by atomic mass is 10.2. The maximum absolute atomic E-state index is 12.8. The molecule has 0 aliphatic heterocycles. The van der Waals surface area contributed by atoms with E-state index in [2.05, 4.69) is 0 Å². The van der Waals surface area contributed by atoms with Crippen molar-refractivity contribution in [2.45, 2.75) is 16.0 Å². The molecule has 106 valence electrons. The lowest BCUT2D eigenvalue weighted by molar-refractivity contribution is -0.138. The van der Waals surface area contributed by atoms with Crippen LogP contribution in [0.4, 0.5) is 13.2 Å². The molecule has 20 heavy (non-hydrogen) atoms. The summed E-state index contributed by atoms with van der Waals surface area (Å²) in [6.45, 7) is 0. The number of ether oxygens (including phenoxy) is 1. The van der Waals surface area contributed by atoms with Crippen molar-refractivity contribution in [1.82, 2.24) is 0 Å². The Bertz CT molecular complexity index is 596. The standard InChI is InChI=1S/C14H10F3IOS/c1-19-9-2-4-10(5-3-9)20-11-6-7-13(18)12(8-11)14(15,16)17/h2-8H,1H3. The topological polar surface area (TPSA) is 9.23 Å². The fourth-order valence-electron chi connectivity index (χ4n) is 1.56. The van der Waals surface area contributed by atoms with Crippen molar-refractivity contribution in [2.24, 2.45) is 0 Å². The molecule has 6 heteroatoms. The van der Waals surface area contributed by atoms with E-state index in [9.17, 15) is 13.2 Å². The van der Waals surface area contributed by atoms with Crippen LogP contribution < -0.4 is 4.74 Å². The molecule has 0 aliphatic rings. The van der Waals surface area contributed by atoms with Gasteiger partial charge in [0, 0.05) is 13.4 Å². The van der Waals surface area contributed by atoms with Gasteiger partial charge in [0.1, 0.15) is 5.75 Å². The third-order valence-electron chi connectivity index (χ3n) is 2.54. The number of hydrogen-bond acceptors (Lipinski definition) is 2. The lowest BCUT2D eigenvalue weighted by Crippen LogP contribution is -2.07. The Kier molecular flexibility index (Phi) is 4.85. The summed E-state index contributed by atoms with van der Waals surface area (Å²) in [6, 6.07) is 11.5. The Balaban J connectivity index is 2.25. The van der Waals surface area contributed by atoms with Crippen LogP contribution in [0.3, 0.4) is 0 Å². The van der Waals surface area contributed by atoms with Gasteiger partial charge >= 0.3 is 6.18 Å². The quantitative estimate of drug-likeness (QED) is 0.621. The van der Waals surface area contributed by atoms with Gasteiger partial charge in [-0.25, -0.2) is 0 Å². The Morgan fingerprint density at radius 2 is 1.60 bits per heavy atom. The zero-order valence-corrected chi connectivity index (χ0v) is 13.3. The molecule has 0 N–H and O–H groups in total. The molecule has 0 aliphatic carbocycles. The summed E-state index contributed by atoms with van der Waals surface area (Å²) in [5.41, 5.74) is -0.600. The van der Waals surface area contributed by atoms with Gasteiger partial charge in [-0.15, -0.1) is 0 Å². The molecule has 0 bridgehead atoms. The normalized spacial score (nSPS) is 11.4. The second-order valence-electron chi connectivity index (χ2n) is 3.92. The predicted molar refractivity (Wildman–Crippen MR) is 81.3 cm³/mol. The zero-order chi connectivity index (χ0) is 14.8. The lowest BCUT2D eigenvalue weighted by Gasteiger charge is -2.11. The minimum atomic E-state index is -4.33. The zero-order valence-electron chi connectivity index (χ0n) is 10.4. The second kappa shape index (κ2) is 6.26. The molecule has 2 aromatic carbocycles. The van der Waals surface area contributed by atoms with Gasteiger partial charge in [-0.05, 0) is 65.1 Å². The maximum atomic E-state index is 12.8. The molecular weight excluding hydrogens is 400 g/mol. The summed E-state index contributed by atoms with van der Waals surface area (Å²) >= 11 is 2.98. The van der Waals surface area contributed by atoms with Crippen LogP contribution in [0.5, 0.6) is 5.75 Å². The molecule has 1 nitrogen and oxygen atoms in total. The SMILES string of the molecule is COc1ccc(Sc2ccc(I)c(C(F)(F)F)c2)cc1. The van der Waals surface area contributed by atoms with Gasteiger partial charge < -0.3 is 4.74 Å². The summed E-state index contributed by atoms with van der Waals surface area (Å²) in [4.78, 5) is 1.42. The van der Waals surface area contributed by atoms with E-state index in [1.165, 1.54) is 23.9 Å². The van der Waals surface area contributed by atoms with Gasteiger partial charge in [-0.3, -0.25) is 0 Å². The van der Waals surface area contributed by atoms with Crippen molar-refractivity contribution in [3.8, 4) is 5.75 Å². The first kappa shape index (κ1) is 15.5. The van der Waals surface area contributed by atoms with Crippen molar-refractivity contribution >= 4 is 34.4 Å². The van der Waals surface area contributed by atoms with Gasteiger partial charge in [-0.1, -0.05) is 11.8 Å². The second-order valence-corrected chi connectivity index (χ2v) is 6.23. The molecule has 2 rings (SSSR count). The smallest absolute Gasteiger partial charge is 0.417 e. The van der Waals surface area contributed by atoms with Crippen molar-refractivity contribution in [3.63, 3.8) is 0 Å². The van der Waals surface area contributed by atoms with E-state index in [0.717, 1.165) is 4.90 Å². The fraction of sp³-hybridized carbons (Fsp3) is 0.143. The van der Waals surface area contributed by atoms with E-state index in [1.54, 1.807) is 47.9 Å². The van der Waals surface area contributed by atoms with E-state index in [4.69, 9.17) is 4.74 Å². The number of methoxy groups -OCH3 is 1. The molecule has 0 saturated heterocycles. The minimum Gasteiger partial charge on any atom is -0.497 e. The minimum absolute atomic E-state index is 0.203. The molecular formula is C14H10F3IOS. The summed E-state index contributed by atoms with van der Waals surface area (Å²) in [5, 5.41) is 0. The molecule has 0 saturated carbocycles. The third kappa shape index (κ3) is 3.82. The van der Waals surface area contributed by atoms with Crippen molar-refractivity contribution < 1.29 is 17.9 Å². The number of halogens is 4. The van der Waals surface area contributed by atoms with Gasteiger partial charge in [0.15, 0.2) is 0 Å². The van der Waals surface area contributed by atoms with Crippen LogP contribution in [0.15, 0.2) is 52.3 Å². The Morgan fingerprint density at radius 1 is 1.00 bits per heavy atom. The van der Waals surface area contributed by atoms with E-state index < -0.39 is 11.7 Å². The highest BCUT2D eigenvalue weighted by atomic mass is 127. The van der Waals surface area contributed by atoms with Crippen LogP contribution in [0.25, 0.3) is 0 Å². The third-order valence-corrected chi connectivity index (χ3v) is 4.48. The molecule has 0 unspecified atom stereocenters. The Hall–Kier alpha value is -0.890. The number of benzene rings is 2. The van der Waals surface area contributed by atoms with Crippen LogP contribution in [0.1, 0.15) is 5.56 Å². The monoisotopic (exact) mass is 410 g/mol. The molecule has 2 aromatic rings. The first-order valence-corrected chi connectivity index (χ1v) is 7.48. The van der Waals surface area contributed by atoms with Crippen LogP contribution in [-0.2, 0) is 6.18 Å². The highest BCUT2D eigenvalue weighted by Gasteiger charge is 2.33. The number of hydrogen-bond donors (Lipinski definition) is 0.